The highest BCUT2D eigenvalue weighted by atomic mass is 16.1. The molecule has 1 aliphatic carbocycles. The van der Waals surface area contributed by atoms with E-state index in [1.807, 2.05) is 59.4 Å². The Kier molecular flexibility index (Phi) is 5.14. The zero-order chi connectivity index (χ0) is 15.9. The number of aliphatic imine (C=N–C) groups is 1. The fourth-order valence-corrected chi connectivity index (χ4v) is 2.81. The summed E-state index contributed by atoms with van der Waals surface area (Å²) in [5.74, 6) is -0.0440. The molecule has 0 bridgehead atoms. The number of pyridine rings is 1. The quantitative estimate of drug-likeness (QED) is 0.861. The molecule has 2 aromatic rings. The highest BCUT2D eigenvalue weighted by molar-refractivity contribution is 5.95. The Morgan fingerprint density at radius 2 is 1.74 bits per heavy atom. The molecular formula is C19H22N3O+. The number of carbonyl (C=O) groups excluding carboxylic acids is 1. The number of benzene rings is 1. The van der Waals surface area contributed by atoms with Crippen molar-refractivity contribution in [3.8, 4) is 0 Å². The molecule has 118 valence electrons. The predicted octanol–water partition coefficient (Wildman–Crippen LogP) is 3.65. The van der Waals surface area contributed by atoms with Gasteiger partial charge in [-0.05, 0) is 37.8 Å². The van der Waals surface area contributed by atoms with Gasteiger partial charge in [0, 0.05) is 17.8 Å². The minimum absolute atomic E-state index is 0.0440. The van der Waals surface area contributed by atoms with Crippen molar-refractivity contribution in [1.82, 2.24) is 0 Å². The summed E-state index contributed by atoms with van der Waals surface area (Å²) in [7, 11) is 0. The van der Waals surface area contributed by atoms with E-state index in [4.69, 9.17) is 4.99 Å². The first-order valence-corrected chi connectivity index (χ1v) is 8.21. The van der Waals surface area contributed by atoms with Crippen LogP contribution in [0, 0.1) is 0 Å². The van der Waals surface area contributed by atoms with Crippen molar-refractivity contribution in [2.75, 3.05) is 5.32 Å². The number of para-hydroxylation sites is 2. The lowest BCUT2D eigenvalue weighted by molar-refractivity contribution is -0.684. The van der Waals surface area contributed by atoms with E-state index in [9.17, 15) is 4.79 Å². The lowest BCUT2D eigenvalue weighted by atomic mass is 9.98. The van der Waals surface area contributed by atoms with Gasteiger partial charge in [0.15, 0.2) is 12.4 Å². The van der Waals surface area contributed by atoms with Gasteiger partial charge in [-0.15, -0.1) is 0 Å². The second-order valence-corrected chi connectivity index (χ2v) is 5.85. The molecule has 1 fully saturated rings. The molecule has 1 aliphatic rings. The van der Waals surface area contributed by atoms with Crippen molar-refractivity contribution < 1.29 is 9.36 Å². The van der Waals surface area contributed by atoms with Gasteiger partial charge in [0.25, 0.3) is 5.91 Å². The highest BCUT2D eigenvalue weighted by Crippen LogP contribution is 2.27. The number of rotatable bonds is 4. The van der Waals surface area contributed by atoms with Gasteiger partial charge in [-0.25, -0.2) is 0 Å². The second kappa shape index (κ2) is 7.68. The minimum atomic E-state index is -0.0440. The van der Waals surface area contributed by atoms with E-state index in [0.717, 1.165) is 24.2 Å². The molecule has 1 aromatic carbocycles. The molecule has 0 radical (unpaired) electrons. The number of hydrogen-bond donors (Lipinski definition) is 1. The number of anilines is 1. The summed E-state index contributed by atoms with van der Waals surface area (Å²) >= 11 is 0. The van der Waals surface area contributed by atoms with E-state index in [2.05, 4.69) is 5.32 Å². The Bertz CT molecular complexity index is 687. The standard InChI is InChI=1S/C19H21N3O/c23-19(15-22-13-7-2-8-14-22)21-18-12-6-5-11-17(18)20-16-9-3-1-4-10-16/h2,5-8,11-14H,1,3-4,9-10,15H2/p+1. The van der Waals surface area contributed by atoms with Crippen LogP contribution in [0.3, 0.4) is 0 Å². The molecule has 23 heavy (non-hydrogen) atoms. The third-order valence-corrected chi connectivity index (χ3v) is 3.99. The minimum Gasteiger partial charge on any atom is -0.319 e. The summed E-state index contributed by atoms with van der Waals surface area (Å²) in [6.07, 6.45) is 9.65. The molecule has 0 spiro atoms. The molecule has 1 amide bonds. The van der Waals surface area contributed by atoms with Crippen LogP contribution in [0.25, 0.3) is 0 Å². The van der Waals surface area contributed by atoms with Gasteiger partial charge in [-0.2, -0.15) is 4.57 Å². The highest BCUT2D eigenvalue weighted by Gasteiger charge is 2.12. The number of hydrogen-bond acceptors (Lipinski definition) is 2. The van der Waals surface area contributed by atoms with E-state index in [1.54, 1.807) is 0 Å². The second-order valence-electron chi connectivity index (χ2n) is 5.85. The van der Waals surface area contributed by atoms with Crippen LogP contribution in [0.15, 0.2) is 59.9 Å². The molecule has 0 unspecified atom stereocenters. The molecule has 4 heteroatoms. The first kappa shape index (κ1) is 15.4. The van der Waals surface area contributed by atoms with Crippen LogP contribution in [0.2, 0.25) is 0 Å². The number of nitrogens with one attached hydrogen (secondary N) is 1. The topological polar surface area (TPSA) is 45.3 Å². The Morgan fingerprint density at radius 3 is 2.52 bits per heavy atom. The number of aromatic nitrogens is 1. The SMILES string of the molecule is O=C(C[n+]1ccccc1)Nc1ccccc1N=C1CCCCC1. The maximum absolute atomic E-state index is 12.2. The summed E-state index contributed by atoms with van der Waals surface area (Å²) in [5.41, 5.74) is 2.89. The Labute approximate surface area is 136 Å². The lowest BCUT2D eigenvalue weighted by Crippen LogP contribution is -2.39. The Balaban J connectivity index is 1.71. The predicted molar refractivity (Wildman–Crippen MR) is 91.9 cm³/mol. The average Bonchev–Trinajstić information content (AvgIpc) is 2.58. The van der Waals surface area contributed by atoms with Crippen LogP contribution < -0.4 is 9.88 Å². The molecule has 4 nitrogen and oxygen atoms in total. The molecule has 1 saturated carbocycles. The van der Waals surface area contributed by atoms with Gasteiger partial charge in [-0.3, -0.25) is 9.79 Å². The number of nitrogens with zero attached hydrogens (tertiary/aromatic N) is 2. The average molecular weight is 308 g/mol. The first-order valence-electron chi connectivity index (χ1n) is 8.21. The molecule has 0 aliphatic heterocycles. The van der Waals surface area contributed by atoms with Gasteiger partial charge in [0.2, 0.25) is 6.54 Å². The lowest BCUT2D eigenvalue weighted by Gasteiger charge is -2.13. The van der Waals surface area contributed by atoms with E-state index in [1.165, 1.54) is 25.0 Å². The monoisotopic (exact) mass is 308 g/mol. The first-order chi connectivity index (χ1) is 11.3. The molecule has 3 rings (SSSR count). The van der Waals surface area contributed by atoms with Crippen molar-refractivity contribution in [1.29, 1.82) is 0 Å². The van der Waals surface area contributed by atoms with E-state index < -0.39 is 0 Å². The van der Waals surface area contributed by atoms with Gasteiger partial charge in [-0.1, -0.05) is 24.6 Å². The molecule has 1 N–H and O–H groups in total. The van der Waals surface area contributed by atoms with Crippen molar-refractivity contribution >= 4 is 23.0 Å². The van der Waals surface area contributed by atoms with Crippen LogP contribution >= 0.6 is 0 Å². The van der Waals surface area contributed by atoms with Crippen LogP contribution in [0.5, 0.6) is 0 Å². The van der Waals surface area contributed by atoms with Crippen LogP contribution in [-0.4, -0.2) is 11.6 Å². The number of amides is 1. The van der Waals surface area contributed by atoms with Crippen molar-refractivity contribution in [2.45, 2.75) is 38.6 Å². The van der Waals surface area contributed by atoms with Gasteiger partial charge in [0.1, 0.15) is 0 Å². The van der Waals surface area contributed by atoms with Crippen molar-refractivity contribution in [2.24, 2.45) is 4.99 Å². The molecule has 0 atom stereocenters. The molecule has 0 saturated heterocycles. The van der Waals surface area contributed by atoms with Crippen molar-refractivity contribution in [3.63, 3.8) is 0 Å². The van der Waals surface area contributed by atoms with Gasteiger partial charge >= 0.3 is 0 Å². The smallest absolute Gasteiger partial charge is 0.290 e. The van der Waals surface area contributed by atoms with Crippen LogP contribution in [0.1, 0.15) is 32.1 Å². The Hall–Kier alpha value is -2.49. The number of carbonyl (C=O) groups is 1. The third-order valence-electron chi connectivity index (χ3n) is 3.99. The Morgan fingerprint density at radius 1 is 1.00 bits per heavy atom. The van der Waals surface area contributed by atoms with Crippen LogP contribution in [-0.2, 0) is 11.3 Å². The summed E-state index contributed by atoms with van der Waals surface area (Å²) in [6, 6.07) is 13.5. The summed E-state index contributed by atoms with van der Waals surface area (Å²) in [4.78, 5) is 17.0. The van der Waals surface area contributed by atoms with E-state index in [-0.39, 0.29) is 5.91 Å². The fourth-order valence-electron chi connectivity index (χ4n) is 2.81. The molecule has 1 aromatic heterocycles. The van der Waals surface area contributed by atoms with Gasteiger partial charge in [0.05, 0.1) is 11.4 Å². The van der Waals surface area contributed by atoms with Crippen LogP contribution in [0.4, 0.5) is 11.4 Å². The molecular weight excluding hydrogens is 286 g/mol. The largest absolute Gasteiger partial charge is 0.319 e. The summed E-state index contributed by atoms with van der Waals surface area (Å²) in [6.45, 7) is 0.297. The van der Waals surface area contributed by atoms with E-state index >= 15 is 0 Å². The zero-order valence-corrected chi connectivity index (χ0v) is 13.2. The zero-order valence-electron chi connectivity index (χ0n) is 13.2. The fraction of sp³-hybridized carbons (Fsp3) is 0.316. The summed E-state index contributed by atoms with van der Waals surface area (Å²) < 4.78 is 1.85. The normalized spacial score (nSPS) is 14.3. The van der Waals surface area contributed by atoms with Crippen molar-refractivity contribution in [3.05, 3.63) is 54.9 Å². The van der Waals surface area contributed by atoms with E-state index in [0.29, 0.717) is 6.54 Å². The maximum Gasteiger partial charge on any atom is 0.290 e. The third kappa shape index (κ3) is 4.49. The molecule has 1 heterocycles. The summed E-state index contributed by atoms with van der Waals surface area (Å²) in [5, 5.41) is 2.98. The van der Waals surface area contributed by atoms with Gasteiger partial charge < -0.3 is 5.32 Å². The maximum atomic E-state index is 12.2.